The summed E-state index contributed by atoms with van der Waals surface area (Å²) < 4.78 is 2.15. The smallest absolute Gasteiger partial charge is 0.196 e. The monoisotopic (exact) mass is 370 g/mol. The highest BCUT2D eigenvalue weighted by Crippen LogP contribution is 2.32. The molecule has 1 saturated carbocycles. The third-order valence-corrected chi connectivity index (χ3v) is 6.53. The third-order valence-electron chi connectivity index (χ3n) is 5.27. The van der Waals surface area contributed by atoms with Crippen molar-refractivity contribution in [1.29, 1.82) is 0 Å². The van der Waals surface area contributed by atoms with Crippen LogP contribution in [0.1, 0.15) is 50.8 Å². The molecule has 0 bridgehead atoms. The van der Waals surface area contributed by atoms with Gasteiger partial charge in [-0.2, -0.15) is 0 Å². The van der Waals surface area contributed by atoms with Crippen molar-refractivity contribution in [3.8, 4) is 5.69 Å². The number of para-hydroxylation sites is 1. The molecule has 138 valence electrons. The maximum absolute atomic E-state index is 12.3. The fourth-order valence-corrected chi connectivity index (χ4v) is 5.03. The van der Waals surface area contributed by atoms with Crippen LogP contribution < -0.4 is 0 Å². The molecule has 0 N–H and O–H groups in total. The van der Waals surface area contributed by atoms with Gasteiger partial charge in [-0.15, -0.1) is 10.2 Å². The van der Waals surface area contributed by atoms with Crippen LogP contribution in [0.25, 0.3) is 5.69 Å². The van der Waals surface area contributed by atoms with Gasteiger partial charge in [-0.3, -0.25) is 14.3 Å². The number of benzene rings is 1. The summed E-state index contributed by atoms with van der Waals surface area (Å²) in [5.41, 5.74) is 1.08. The van der Waals surface area contributed by atoms with Crippen LogP contribution in [-0.2, 0) is 11.3 Å². The van der Waals surface area contributed by atoms with Gasteiger partial charge in [-0.1, -0.05) is 42.8 Å². The van der Waals surface area contributed by atoms with Gasteiger partial charge in [-0.25, -0.2) is 0 Å². The van der Waals surface area contributed by atoms with Gasteiger partial charge in [-0.05, 0) is 50.9 Å². The van der Waals surface area contributed by atoms with Crippen molar-refractivity contribution < 1.29 is 4.79 Å². The Hall–Kier alpha value is -1.66. The Kier molecular flexibility index (Phi) is 5.70. The van der Waals surface area contributed by atoms with E-state index in [1.54, 1.807) is 11.8 Å². The van der Waals surface area contributed by atoms with E-state index in [0.717, 1.165) is 55.6 Å². The number of thioether (sulfide) groups is 1. The Morgan fingerprint density at radius 2 is 1.81 bits per heavy atom. The molecular formula is C20H26N4OS. The van der Waals surface area contributed by atoms with E-state index in [9.17, 15) is 4.79 Å². The first-order valence-electron chi connectivity index (χ1n) is 9.73. The van der Waals surface area contributed by atoms with Gasteiger partial charge in [0, 0.05) is 12.1 Å². The molecule has 0 radical (unpaired) electrons. The lowest BCUT2D eigenvalue weighted by Gasteiger charge is -2.26. The minimum atomic E-state index is 0.0262. The quantitative estimate of drug-likeness (QED) is 0.800. The largest absolute Gasteiger partial charge is 0.298 e. The number of hydrogen-bond acceptors (Lipinski definition) is 5. The van der Waals surface area contributed by atoms with Crippen molar-refractivity contribution in [1.82, 2.24) is 19.7 Å². The molecule has 1 aliphatic carbocycles. The Morgan fingerprint density at radius 1 is 1.00 bits per heavy atom. The summed E-state index contributed by atoms with van der Waals surface area (Å²) >= 11 is 1.60. The van der Waals surface area contributed by atoms with Crippen molar-refractivity contribution in [2.75, 3.05) is 13.1 Å². The molecule has 1 unspecified atom stereocenters. The number of piperidine rings is 1. The zero-order valence-electron chi connectivity index (χ0n) is 15.1. The molecule has 1 aromatic heterocycles. The molecule has 0 amide bonds. The summed E-state index contributed by atoms with van der Waals surface area (Å²) in [6.07, 6.45) is 7.66. The van der Waals surface area contributed by atoms with Crippen LogP contribution in [0.15, 0.2) is 35.5 Å². The van der Waals surface area contributed by atoms with Crippen LogP contribution in [0.4, 0.5) is 0 Å². The summed E-state index contributed by atoms with van der Waals surface area (Å²) in [5, 5.41) is 9.88. The third kappa shape index (κ3) is 4.01. The standard InChI is InChI=1S/C20H26N4OS/c25-17-11-5-6-12-18(17)26-20-22-21-19(15-23-13-7-2-8-14-23)24(20)16-9-3-1-4-10-16/h1,3-4,9-10,18H,2,5-8,11-15H2. The van der Waals surface area contributed by atoms with E-state index in [1.165, 1.54) is 19.3 Å². The molecule has 5 nitrogen and oxygen atoms in total. The highest BCUT2D eigenvalue weighted by molar-refractivity contribution is 8.00. The van der Waals surface area contributed by atoms with Gasteiger partial charge in [0.15, 0.2) is 11.0 Å². The molecule has 4 rings (SSSR count). The Morgan fingerprint density at radius 3 is 2.58 bits per heavy atom. The van der Waals surface area contributed by atoms with Crippen molar-refractivity contribution in [3.63, 3.8) is 0 Å². The van der Waals surface area contributed by atoms with E-state index >= 15 is 0 Å². The first kappa shape index (κ1) is 17.7. The van der Waals surface area contributed by atoms with Crippen LogP contribution >= 0.6 is 11.8 Å². The van der Waals surface area contributed by atoms with Crippen molar-refractivity contribution in [3.05, 3.63) is 36.2 Å². The van der Waals surface area contributed by atoms with Crippen molar-refractivity contribution in [2.24, 2.45) is 0 Å². The molecule has 6 heteroatoms. The molecule has 1 aromatic carbocycles. The summed E-state index contributed by atoms with van der Waals surface area (Å²) in [6, 6.07) is 10.3. The van der Waals surface area contributed by atoms with Crippen LogP contribution in [-0.4, -0.2) is 43.8 Å². The van der Waals surface area contributed by atoms with Crippen LogP contribution in [0.5, 0.6) is 0 Å². The minimum absolute atomic E-state index is 0.0262. The maximum Gasteiger partial charge on any atom is 0.196 e. The molecule has 1 atom stereocenters. The van der Waals surface area contributed by atoms with E-state index in [4.69, 9.17) is 0 Å². The number of hydrogen-bond donors (Lipinski definition) is 0. The van der Waals surface area contributed by atoms with Crippen LogP contribution in [0.3, 0.4) is 0 Å². The van der Waals surface area contributed by atoms with Gasteiger partial charge < -0.3 is 0 Å². The number of carbonyl (C=O) groups excluding carboxylic acids is 1. The Bertz CT molecular complexity index is 740. The van der Waals surface area contributed by atoms with Gasteiger partial charge in [0.05, 0.1) is 11.8 Å². The molecule has 1 saturated heterocycles. The summed E-state index contributed by atoms with van der Waals surface area (Å²) in [5.74, 6) is 1.34. The molecule has 2 heterocycles. The second-order valence-corrected chi connectivity index (χ2v) is 8.40. The van der Waals surface area contributed by atoms with Crippen LogP contribution in [0, 0.1) is 0 Å². The van der Waals surface area contributed by atoms with E-state index in [2.05, 4.69) is 31.8 Å². The van der Waals surface area contributed by atoms with E-state index in [0.29, 0.717) is 12.2 Å². The molecule has 0 spiro atoms. The zero-order chi connectivity index (χ0) is 17.8. The predicted molar refractivity (Wildman–Crippen MR) is 104 cm³/mol. The van der Waals surface area contributed by atoms with Gasteiger partial charge in [0.2, 0.25) is 0 Å². The molecule has 2 aromatic rings. The summed E-state index contributed by atoms with van der Waals surface area (Å²) in [4.78, 5) is 14.7. The average Bonchev–Trinajstić information content (AvgIpc) is 3.07. The highest BCUT2D eigenvalue weighted by atomic mass is 32.2. The molecule has 1 aliphatic heterocycles. The van der Waals surface area contributed by atoms with Gasteiger partial charge >= 0.3 is 0 Å². The molecule has 26 heavy (non-hydrogen) atoms. The summed E-state index contributed by atoms with van der Waals surface area (Å²) in [7, 11) is 0. The number of nitrogens with zero attached hydrogens (tertiary/aromatic N) is 4. The predicted octanol–water partition coefficient (Wildman–Crippen LogP) is 3.86. The van der Waals surface area contributed by atoms with E-state index < -0.39 is 0 Å². The number of ketones is 1. The Balaban J connectivity index is 1.61. The summed E-state index contributed by atoms with van der Waals surface area (Å²) in [6.45, 7) is 3.08. The van der Waals surface area contributed by atoms with E-state index in [1.807, 2.05) is 18.2 Å². The number of aromatic nitrogens is 3. The zero-order valence-corrected chi connectivity index (χ0v) is 16.0. The fraction of sp³-hybridized carbons (Fsp3) is 0.550. The minimum Gasteiger partial charge on any atom is -0.298 e. The van der Waals surface area contributed by atoms with E-state index in [-0.39, 0.29) is 5.25 Å². The van der Waals surface area contributed by atoms with Crippen LogP contribution in [0.2, 0.25) is 0 Å². The molecule has 2 fully saturated rings. The topological polar surface area (TPSA) is 51.0 Å². The first-order chi connectivity index (χ1) is 12.8. The SMILES string of the molecule is O=C1CCCCC1Sc1nnc(CN2CCCCC2)n1-c1ccccc1. The first-order valence-corrected chi connectivity index (χ1v) is 10.6. The fourth-order valence-electron chi connectivity index (χ4n) is 3.84. The normalized spacial score (nSPS) is 21.8. The highest BCUT2D eigenvalue weighted by Gasteiger charge is 2.27. The number of carbonyl (C=O) groups is 1. The molecular weight excluding hydrogens is 344 g/mol. The van der Waals surface area contributed by atoms with Crippen molar-refractivity contribution >= 4 is 17.5 Å². The number of Topliss-reactive ketones (excluding diaryl/α,β-unsaturated/α-hetero) is 1. The lowest BCUT2D eigenvalue weighted by atomic mass is 9.99. The maximum atomic E-state index is 12.3. The second-order valence-electron chi connectivity index (χ2n) is 7.23. The average molecular weight is 371 g/mol. The number of likely N-dealkylation sites (tertiary alicyclic amines) is 1. The van der Waals surface area contributed by atoms with Gasteiger partial charge in [0.1, 0.15) is 5.78 Å². The van der Waals surface area contributed by atoms with Crippen molar-refractivity contribution in [2.45, 2.75) is 61.9 Å². The van der Waals surface area contributed by atoms with Gasteiger partial charge in [0.25, 0.3) is 0 Å². The Labute approximate surface area is 159 Å². The second kappa shape index (κ2) is 8.35. The number of rotatable bonds is 5. The lowest BCUT2D eigenvalue weighted by molar-refractivity contribution is -0.119. The lowest BCUT2D eigenvalue weighted by Crippen LogP contribution is -2.30. The molecule has 2 aliphatic rings.